The van der Waals surface area contributed by atoms with Gasteiger partial charge >= 0.3 is 0 Å². The van der Waals surface area contributed by atoms with E-state index >= 15 is 0 Å². The third kappa shape index (κ3) is 4.07. The van der Waals surface area contributed by atoms with E-state index in [0.29, 0.717) is 34.9 Å². The summed E-state index contributed by atoms with van der Waals surface area (Å²) in [5.74, 6) is -0.0744. The molecule has 2 N–H and O–H groups in total. The van der Waals surface area contributed by atoms with E-state index in [1.54, 1.807) is 36.2 Å². The SMILES string of the molecule is CCN(C)C(=O)c1cc(NC(=O)CC2NC(=O)c3ccccc32)c(OC)c(OC)c1. The first kappa shape index (κ1) is 21.2. The maximum atomic E-state index is 12.8. The molecular formula is C22H25N3O5. The van der Waals surface area contributed by atoms with Crippen LogP contribution < -0.4 is 20.1 Å². The van der Waals surface area contributed by atoms with Crippen molar-refractivity contribution < 1.29 is 23.9 Å². The Morgan fingerprint density at radius 3 is 2.57 bits per heavy atom. The van der Waals surface area contributed by atoms with Crippen molar-refractivity contribution in [1.82, 2.24) is 10.2 Å². The van der Waals surface area contributed by atoms with Crippen molar-refractivity contribution in [2.75, 3.05) is 33.1 Å². The minimum Gasteiger partial charge on any atom is -0.493 e. The first-order valence-corrected chi connectivity index (χ1v) is 9.60. The van der Waals surface area contributed by atoms with Gasteiger partial charge < -0.3 is 25.0 Å². The minimum atomic E-state index is -0.419. The van der Waals surface area contributed by atoms with Crippen molar-refractivity contribution in [3.05, 3.63) is 53.1 Å². The number of nitrogens with one attached hydrogen (secondary N) is 2. The van der Waals surface area contributed by atoms with E-state index < -0.39 is 6.04 Å². The van der Waals surface area contributed by atoms with Gasteiger partial charge in [-0.3, -0.25) is 14.4 Å². The zero-order chi connectivity index (χ0) is 21.8. The van der Waals surface area contributed by atoms with E-state index in [-0.39, 0.29) is 24.1 Å². The monoisotopic (exact) mass is 411 g/mol. The molecule has 0 radical (unpaired) electrons. The summed E-state index contributed by atoms with van der Waals surface area (Å²) in [5.41, 5.74) is 2.06. The molecule has 2 aromatic rings. The molecular weight excluding hydrogens is 386 g/mol. The molecule has 0 aliphatic carbocycles. The summed E-state index contributed by atoms with van der Waals surface area (Å²) in [4.78, 5) is 39.0. The fraction of sp³-hybridized carbons (Fsp3) is 0.318. The van der Waals surface area contributed by atoms with Gasteiger partial charge in [0.15, 0.2) is 11.5 Å². The van der Waals surface area contributed by atoms with E-state index in [4.69, 9.17) is 9.47 Å². The van der Waals surface area contributed by atoms with Crippen LogP contribution in [0.4, 0.5) is 5.69 Å². The summed E-state index contributed by atoms with van der Waals surface area (Å²) < 4.78 is 10.8. The highest BCUT2D eigenvalue weighted by molar-refractivity contribution is 6.02. The highest BCUT2D eigenvalue weighted by Crippen LogP contribution is 2.37. The van der Waals surface area contributed by atoms with Crippen molar-refractivity contribution >= 4 is 23.4 Å². The number of rotatable bonds is 7. The lowest BCUT2D eigenvalue weighted by atomic mass is 10.0. The molecule has 0 bridgehead atoms. The second-order valence-electron chi connectivity index (χ2n) is 6.94. The van der Waals surface area contributed by atoms with Crippen molar-refractivity contribution in [2.45, 2.75) is 19.4 Å². The van der Waals surface area contributed by atoms with Crippen LogP contribution in [0.1, 0.15) is 45.7 Å². The topological polar surface area (TPSA) is 97.0 Å². The van der Waals surface area contributed by atoms with Crippen molar-refractivity contribution in [3.8, 4) is 11.5 Å². The highest BCUT2D eigenvalue weighted by Gasteiger charge is 2.30. The lowest BCUT2D eigenvalue weighted by Gasteiger charge is -2.19. The Morgan fingerprint density at radius 2 is 1.90 bits per heavy atom. The standard InChI is InChI=1S/C22H25N3O5/c1-5-25(2)22(28)13-10-17(20(30-4)18(11-13)29-3)23-19(26)12-16-14-8-6-7-9-15(14)21(27)24-16/h6-11,16H,5,12H2,1-4H3,(H,23,26)(H,24,27). The van der Waals surface area contributed by atoms with Crippen molar-refractivity contribution in [1.29, 1.82) is 0 Å². The summed E-state index contributed by atoms with van der Waals surface area (Å²) in [6, 6.07) is 9.90. The number of fused-ring (bicyclic) bond motifs is 1. The van der Waals surface area contributed by atoms with Gasteiger partial charge in [0.05, 0.1) is 32.4 Å². The fourth-order valence-electron chi connectivity index (χ4n) is 3.41. The van der Waals surface area contributed by atoms with E-state index in [1.165, 1.54) is 14.2 Å². The Hall–Kier alpha value is -3.55. The molecule has 8 nitrogen and oxygen atoms in total. The zero-order valence-corrected chi connectivity index (χ0v) is 17.4. The van der Waals surface area contributed by atoms with Gasteiger partial charge in [0.2, 0.25) is 5.91 Å². The molecule has 0 saturated heterocycles. The summed E-state index contributed by atoms with van der Waals surface area (Å²) in [6.45, 7) is 2.41. The fourth-order valence-corrected chi connectivity index (χ4v) is 3.41. The number of carbonyl (C=O) groups is 3. The average molecular weight is 411 g/mol. The predicted molar refractivity (Wildman–Crippen MR) is 112 cm³/mol. The van der Waals surface area contributed by atoms with Crippen LogP contribution in [0.5, 0.6) is 11.5 Å². The number of anilines is 1. The van der Waals surface area contributed by atoms with Crippen LogP contribution in [0.3, 0.4) is 0 Å². The van der Waals surface area contributed by atoms with Gasteiger partial charge in [-0.2, -0.15) is 0 Å². The Kier molecular flexibility index (Phi) is 6.25. The van der Waals surface area contributed by atoms with Gasteiger partial charge in [-0.25, -0.2) is 0 Å². The molecule has 1 unspecified atom stereocenters. The molecule has 2 aromatic carbocycles. The quantitative estimate of drug-likeness (QED) is 0.730. The summed E-state index contributed by atoms with van der Waals surface area (Å²) in [7, 11) is 4.62. The van der Waals surface area contributed by atoms with Crippen molar-refractivity contribution in [3.63, 3.8) is 0 Å². The smallest absolute Gasteiger partial charge is 0.253 e. The van der Waals surface area contributed by atoms with Crippen LogP contribution in [-0.2, 0) is 4.79 Å². The third-order valence-electron chi connectivity index (χ3n) is 5.10. The van der Waals surface area contributed by atoms with Gasteiger partial charge in [0, 0.05) is 24.7 Å². The largest absolute Gasteiger partial charge is 0.493 e. The molecule has 8 heteroatoms. The van der Waals surface area contributed by atoms with E-state index in [0.717, 1.165) is 5.56 Å². The number of hydrogen-bond acceptors (Lipinski definition) is 5. The molecule has 1 heterocycles. The van der Waals surface area contributed by atoms with E-state index in [2.05, 4.69) is 10.6 Å². The highest BCUT2D eigenvalue weighted by atomic mass is 16.5. The van der Waals surface area contributed by atoms with Crippen LogP contribution in [0.2, 0.25) is 0 Å². The number of amides is 3. The van der Waals surface area contributed by atoms with Gasteiger partial charge in [0.25, 0.3) is 11.8 Å². The van der Waals surface area contributed by atoms with Crippen LogP contribution in [0, 0.1) is 0 Å². The Bertz CT molecular complexity index is 989. The first-order valence-electron chi connectivity index (χ1n) is 9.60. The Morgan fingerprint density at radius 1 is 1.17 bits per heavy atom. The second-order valence-corrected chi connectivity index (χ2v) is 6.94. The molecule has 0 spiro atoms. The minimum absolute atomic E-state index is 0.0429. The zero-order valence-electron chi connectivity index (χ0n) is 17.4. The first-order chi connectivity index (χ1) is 14.4. The number of nitrogens with zero attached hydrogens (tertiary/aromatic N) is 1. The summed E-state index contributed by atoms with van der Waals surface area (Å²) in [6.07, 6.45) is 0.0429. The van der Waals surface area contributed by atoms with Gasteiger partial charge in [-0.05, 0) is 30.7 Å². The lowest BCUT2D eigenvalue weighted by Crippen LogP contribution is -2.27. The van der Waals surface area contributed by atoms with E-state index in [9.17, 15) is 14.4 Å². The number of ether oxygens (including phenoxy) is 2. The summed E-state index contributed by atoms with van der Waals surface area (Å²) >= 11 is 0. The van der Waals surface area contributed by atoms with Crippen molar-refractivity contribution in [2.24, 2.45) is 0 Å². The Balaban J connectivity index is 1.85. The molecule has 0 saturated carbocycles. The molecule has 158 valence electrons. The third-order valence-corrected chi connectivity index (χ3v) is 5.10. The van der Waals surface area contributed by atoms with Crippen LogP contribution in [0.25, 0.3) is 0 Å². The molecule has 1 aliphatic heterocycles. The van der Waals surface area contributed by atoms with Gasteiger partial charge in [-0.15, -0.1) is 0 Å². The van der Waals surface area contributed by atoms with Crippen LogP contribution >= 0.6 is 0 Å². The number of benzene rings is 2. The molecule has 3 rings (SSSR count). The predicted octanol–water partition coefficient (Wildman–Crippen LogP) is 2.61. The molecule has 0 fully saturated rings. The van der Waals surface area contributed by atoms with Gasteiger partial charge in [0.1, 0.15) is 0 Å². The maximum absolute atomic E-state index is 12.8. The van der Waals surface area contributed by atoms with Gasteiger partial charge in [-0.1, -0.05) is 18.2 Å². The average Bonchev–Trinajstić information content (AvgIpc) is 3.07. The normalized spacial score (nSPS) is 14.5. The molecule has 1 atom stereocenters. The molecule has 1 aliphatic rings. The van der Waals surface area contributed by atoms with Crippen LogP contribution in [0.15, 0.2) is 36.4 Å². The lowest BCUT2D eigenvalue weighted by molar-refractivity contribution is -0.116. The molecule has 30 heavy (non-hydrogen) atoms. The molecule has 3 amide bonds. The maximum Gasteiger partial charge on any atom is 0.253 e. The number of methoxy groups -OCH3 is 2. The summed E-state index contributed by atoms with van der Waals surface area (Å²) in [5, 5.41) is 5.62. The number of carbonyl (C=O) groups excluding carboxylic acids is 3. The second kappa shape index (κ2) is 8.86. The van der Waals surface area contributed by atoms with Crippen LogP contribution in [-0.4, -0.2) is 50.4 Å². The molecule has 0 aromatic heterocycles. The Labute approximate surface area is 175 Å². The van der Waals surface area contributed by atoms with E-state index in [1.807, 2.05) is 19.1 Å². The number of hydrogen-bond donors (Lipinski definition) is 2.